The summed E-state index contributed by atoms with van der Waals surface area (Å²) in [4.78, 5) is 16.7. The Balaban J connectivity index is 1.71. The number of halogens is 3. The number of rotatable bonds is 11. The van der Waals surface area contributed by atoms with Crippen LogP contribution in [0.2, 0.25) is 10.0 Å². The summed E-state index contributed by atoms with van der Waals surface area (Å²) in [5.74, 6) is -0.988. The van der Waals surface area contributed by atoms with Gasteiger partial charge < -0.3 is 4.90 Å². The maximum absolute atomic E-state index is 15.2. The van der Waals surface area contributed by atoms with E-state index >= 15 is 4.39 Å². The van der Waals surface area contributed by atoms with Crippen LogP contribution in [-0.2, 0) is 14.8 Å². The van der Waals surface area contributed by atoms with Gasteiger partial charge in [-0.15, -0.1) is 6.58 Å². The topological polar surface area (TPSA) is 57.7 Å². The third-order valence-corrected chi connectivity index (χ3v) is 11.1. The Morgan fingerprint density at radius 2 is 1.74 bits per heavy atom. The smallest absolute Gasteiger partial charge is 0.235 e. The second kappa shape index (κ2) is 12.6. The number of sulfonamides is 1. The van der Waals surface area contributed by atoms with Crippen LogP contribution in [-0.4, -0.2) is 37.6 Å². The predicted octanol–water partition coefficient (Wildman–Crippen LogP) is 8.41. The zero-order chi connectivity index (χ0) is 30.9. The molecule has 43 heavy (non-hydrogen) atoms. The van der Waals surface area contributed by atoms with Gasteiger partial charge in [-0.3, -0.25) is 9.10 Å². The molecule has 0 unspecified atom stereocenters. The lowest BCUT2D eigenvalue weighted by Gasteiger charge is -2.53. The molecular formula is C34H37Cl2FN2O3S. The van der Waals surface area contributed by atoms with Crippen molar-refractivity contribution in [3.8, 4) is 0 Å². The molecule has 5 rings (SSSR count). The lowest BCUT2D eigenvalue weighted by molar-refractivity contribution is -0.154. The van der Waals surface area contributed by atoms with Crippen molar-refractivity contribution < 1.29 is 17.6 Å². The maximum Gasteiger partial charge on any atom is 0.235 e. The van der Waals surface area contributed by atoms with E-state index in [-0.39, 0.29) is 35.7 Å². The molecule has 1 aliphatic heterocycles. The van der Waals surface area contributed by atoms with Gasteiger partial charge >= 0.3 is 0 Å². The van der Waals surface area contributed by atoms with Crippen LogP contribution >= 0.6 is 23.2 Å². The van der Waals surface area contributed by atoms with E-state index in [0.717, 1.165) is 24.0 Å². The fourth-order valence-electron chi connectivity index (χ4n) is 6.54. The molecule has 1 heterocycles. The molecule has 1 saturated heterocycles. The number of hydrogen-bond donors (Lipinski definition) is 0. The van der Waals surface area contributed by atoms with Crippen molar-refractivity contribution in [2.75, 3.05) is 16.6 Å². The molecule has 3 aromatic rings. The van der Waals surface area contributed by atoms with Gasteiger partial charge in [0.15, 0.2) is 0 Å². The summed E-state index contributed by atoms with van der Waals surface area (Å²) >= 11 is 12.8. The van der Waals surface area contributed by atoms with E-state index in [0.29, 0.717) is 22.9 Å². The van der Waals surface area contributed by atoms with Crippen LogP contribution in [0.4, 0.5) is 10.1 Å². The summed E-state index contributed by atoms with van der Waals surface area (Å²) in [6.45, 7) is 7.41. The van der Waals surface area contributed by atoms with Crippen LogP contribution < -0.4 is 4.31 Å². The number of nitrogens with zero attached hydrogens (tertiary/aromatic N) is 2. The summed E-state index contributed by atoms with van der Waals surface area (Å²) in [5, 5.41) is 1.17. The zero-order valence-corrected chi connectivity index (χ0v) is 26.8. The number of carbonyl (C=O) groups is 1. The van der Waals surface area contributed by atoms with Crippen molar-refractivity contribution in [3.63, 3.8) is 0 Å². The average Bonchev–Trinajstić information content (AvgIpc) is 3.82. The van der Waals surface area contributed by atoms with E-state index in [4.69, 9.17) is 23.2 Å². The highest BCUT2D eigenvalue weighted by Crippen LogP contribution is 2.54. The van der Waals surface area contributed by atoms with Crippen molar-refractivity contribution in [1.82, 2.24) is 4.90 Å². The minimum Gasteiger partial charge on any atom is -0.329 e. The number of para-hydroxylation sites is 1. The lowest BCUT2D eigenvalue weighted by Crippen LogP contribution is -2.59. The second-order valence-electron chi connectivity index (χ2n) is 11.9. The number of carbonyl (C=O) groups excluding carboxylic acids is 1. The van der Waals surface area contributed by atoms with Crippen LogP contribution in [0, 0.1) is 17.2 Å². The fraction of sp³-hybridized carbons (Fsp3) is 0.382. The highest BCUT2D eigenvalue weighted by atomic mass is 35.5. The van der Waals surface area contributed by atoms with Crippen LogP contribution in [0.3, 0.4) is 0 Å². The molecule has 0 spiro atoms. The normalized spacial score (nSPS) is 23.2. The highest BCUT2D eigenvalue weighted by Gasteiger charge is 2.54. The Bertz CT molecular complexity index is 1600. The quantitative estimate of drug-likeness (QED) is 0.197. The van der Waals surface area contributed by atoms with Crippen LogP contribution in [0.15, 0.2) is 85.5 Å². The third-order valence-electron chi connectivity index (χ3n) is 8.88. The molecule has 0 radical (unpaired) electrons. The fourth-order valence-corrected chi connectivity index (χ4v) is 8.00. The SMILES string of the molecule is C=CC[C@@]1(C)C[C@H](c2cccc(Cl)c2)[C@@H](c2ccc(Cl)cc2)N([C@@H](CN(c2ccccc2F)S(=O)(=O)CC)C2CC2)C1=O. The molecule has 9 heteroatoms. The van der Waals surface area contributed by atoms with Crippen molar-refractivity contribution in [2.24, 2.45) is 11.3 Å². The van der Waals surface area contributed by atoms with Crippen molar-refractivity contribution in [1.29, 1.82) is 0 Å². The van der Waals surface area contributed by atoms with Gasteiger partial charge in [0, 0.05) is 16.0 Å². The molecular weight excluding hydrogens is 606 g/mol. The molecule has 5 nitrogen and oxygen atoms in total. The molecule has 228 valence electrons. The zero-order valence-electron chi connectivity index (χ0n) is 24.4. The largest absolute Gasteiger partial charge is 0.329 e. The number of anilines is 1. The van der Waals surface area contributed by atoms with Gasteiger partial charge in [-0.05, 0) is 86.1 Å². The summed E-state index contributed by atoms with van der Waals surface area (Å²) in [5.41, 5.74) is 1.08. The van der Waals surface area contributed by atoms with Gasteiger partial charge in [0.25, 0.3) is 0 Å². The summed E-state index contributed by atoms with van der Waals surface area (Å²) in [6, 6.07) is 20.2. The Hall–Kier alpha value is -2.87. The molecule has 2 aliphatic rings. The van der Waals surface area contributed by atoms with E-state index in [2.05, 4.69) is 6.58 Å². The first-order valence-corrected chi connectivity index (χ1v) is 17.0. The van der Waals surface area contributed by atoms with Gasteiger partial charge in [0.2, 0.25) is 15.9 Å². The van der Waals surface area contributed by atoms with E-state index in [9.17, 15) is 13.2 Å². The van der Waals surface area contributed by atoms with E-state index in [1.165, 1.54) is 22.5 Å². The molecule has 1 saturated carbocycles. The van der Waals surface area contributed by atoms with E-state index in [1.807, 2.05) is 60.4 Å². The number of hydrogen-bond acceptors (Lipinski definition) is 3. The molecule has 0 aromatic heterocycles. The maximum atomic E-state index is 15.2. The number of piperidine rings is 1. The van der Waals surface area contributed by atoms with Crippen LogP contribution in [0.1, 0.15) is 62.6 Å². The number of allylic oxidation sites excluding steroid dienone is 1. The molecule has 4 atom stereocenters. The number of likely N-dealkylation sites (tertiary alicyclic amines) is 1. The first kappa shape index (κ1) is 31.6. The molecule has 1 amide bonds. The molecule has 1 aliphatic carbocycles. The van der Waals surface area contributed by atoms with E-state index < -0.39 is 33.3 Å². The van der Waals surface area contributed by atoms with Gasteiger partial charge in [-0.1, -0.05) is 72.6 Å². The second-order valence-corrected chi connectivity index (χ2v) is 15.0. The van der Waals surface area contributed by atoms with Crippen molar-refractivity contribution in [3.05, 3.63) is 112 Å². The average molecular weight is 644 g/mol. The minimum atomic E-state index is -3.89. The lowest BCUT2D eigenvalue weighted by atomic mass is 9.67. The Labute approximate surface area is 264 Å². The van der Waals surface area contributed by atoms with Crippen LogP contribution in [0.5, 0.6) is 0 Å². The van der Waals surface area contributed by atoms with Crippen LogP contribution in [0.25, 0.3) is 0 Å². The van der Waals surface area contributed by atoms with Crippen molar-refractivity contribution >= 4 is 44.8 Å². The third kappa shape index (κ3) is 6.50. The van der Waals surface area contributed by atoms with Gasteiger partial charge in [0.05, 0.1) is 35.5 Å². The number of amides is 1. The van der Waals surface area contributed by atoms with Gasteiger partial charge in [-0.2, -0.15) is 0 Å². The Morgan fingerprint density at radius 3 is 2.35 bits per heavy atom. The summed E-state index contributed by atoms with van der Waals surface area (Å²) in [6.07, 6.45) is 4.46. The molecule has 0 bridgehead atoms. The molecule has 2 fully saturated rings. The monoisotopic (exact) mass is 642 g/mol. The first-order chi connectivity index (χ1) is 20.5. The Kier molecular flexibility index (Phi) is 9.26. The van der Waals surface area contributed by atoms with Gasteiger partial charge in [-0.25, -0.2) is 12.8 Å². The standard InChI is InChI=1S/C34H37Cl2FN2O3S/c1-4-19-34(3)21-28(25-9-8-10-27(36)20-25)32(24-15-17-26(35)18-16-24)39(33(34)40)31(23-13-14-23)22-38(43(41,42)5-2)30-12-7-6-11-29(30)37/h4,6-12,15-18,20,23,28,31-32H,1,5,13-14,19,21-22H2,2-3H3/t28-,31+,32-,34+/m1/s1. The Morgan fingerprint density at radius 1 is 1.05 bits per heavy atom. The summed E-state index contributed by atoms with van der Waals surface area (Å²) in [7, 11) is -3.89. The van der Waals surface area contributed by atoms with Crippen molar-refractivity contribution in [2.45, 2.75) is 57.5 Å². The predicted molar refractivity (Wildman–Crippen MR) is 172 cm³/mol. The highest BCUT2D eigenvalue weighted by molar-refractivity contribution is 7.92. The first-order valence-electron chi connectivity index (χ1n) is 14.7. The summed E-state index contributed by atoms with van der Waals surface area (Å²) < 4.78 is 43.5. The molecule has 0 N–H and O–H groups in total. The minimum absolute atomic E-state index is 0.0113. The van der Waals surface area contributed by atoms with Gasteiger partial charge in [0.1, 0.15) is 5.82 Å². The number of benzene rings is 3. The molecule has 3 aromatic carbocycles. The van der Waals surface area contributed by atoms with E-state index in [1.54, 1.807) is 19.1 Å².